The van der Waals surface area contributed by atoms with Gasteiger partial charge < -0.3 is 23.8 Å². The van der Waals surface area contributed by atoms with Crippen LogP contribution in [0.5, 0.6) is 23.0 Å². The average Bonchev–Trinajstić information content (AvgIpc) is 3.22. The molecule has 8 nitrogen and oxygen atoms in total. The zero-order chi connectivity index (χ0) is 22.7. The first-order chi connectivity index (χ1) is 15.5. The van der Waals surface area contributed by atoms with Gasteiger partial charge in [0.25, 0.3) is 5.91 Å². The van der Waals surface area contributed by atoms with E-state index in [9.17, 15) is 4.79 Å². The maximum absolute atomic E-state index is 13.6. The van der Waals surface area contributed by atoms with E-state index in [4.69, 9.17) is 23.9 Å². The molecule has 1 aliphatic rings. The van der Waals surface area contributed by atoms with Gasteiger partial charge in [-0.15, -0.1) is 0 Å². The van der Waals surface area contributed by atoms with Gasteiger partial charge in [0.2, 0.25) is 0 Å². The van der Waals surface area contributed by atoms with Crippen LogP contribution in [0.3, 0.4) is 0 Å². The van der Waals surface area contributed by atoms with Crippen LogP contribution in [-0.2, 0) is 0 Å². The molecular weight excluding hydrogens is 430 g/mol. The van der Waals surface area contributed by atoms with Gasteiger partial charge in [-0.3, -0.25) is 9.69 Å². The second-order valence-electron chi connectivity index (χ2n) is 7.64. The number of benzene rings is 2. The van der Waals surface area contributed by atoms with E-state index in [-0.39, 0.29) is 5.91 Å². The second-order valence-corrected chi connectivity index (χ2v) is 8.65. The number of aromatic nitrogens is 1. The Morgan fingerprint density at radius 3 is 2.47 bits per heavy atom. The molecule has 0 saturated carbocycles. The van der Waals surface area contributed by atoms with Crippen molar-refractivity contribution in [2.45, 2.75) is 6.42 Å². The summed E-state index contributed by atoms with van der Waals surface area (Å²) in [7, 11) is 7.23. The van der Waals surface area contributed by atoms with E-state index < -0.39 is 0 Å². The van der Waals surface area contributed by atoms with Crippen molar-refractivity contribution < 1.29 is 23.7 Å². The van der Waals surface area contributed by atoms with Crippen molar-refractivity contribution >= 4 is 32.6 Å². The SMILES string of the molecule is COc1cc2nc(N(CCCN(C)C)C(=O)c3ccc4c(c3)OCCO4)sc2cc1OC. The number of anilines is 1. The van der Waals surface area contributed by atoms with Gasteiger partial charge in [-0.25, -0.2) is 4.98 Å². The van der Waals surface area contributed by atoms with Crippen LogP contribution in [0.25, 0.3) is 10.2 Å². The molecule has 0 unspecified atom stereocenters. The Balaban J connectivity index is 1.69. The molecule has 0 saturated heterocycles. The summed E-state index contributed by atoms with van der Waals surface area (Å²) in [4.78, 5) is 22.1. The number of carbonyl (C=O) groups is 1. The number of amides is 1. The lowest BCUT2D eigenvalue weighted by atomic mass is 10.1. The molecule has 9 heteroatoms. The maximum Gasteiger partial charge on any atom is 0.260 e. The Bertz CT molecular complexity index is 1070. The van der Waals surface area contributed by atoms with Crippen molar-refractivity contribution in [3.63, 3.8) is 0 Å². The molecule has 170 valence electrons. The number of nitrogens with zero attached hydrogens (tertiary/aromatic N) is 3. The highest BCUT2D eigenvalue weighted by atomic mass is 32.1. The van der Waals surface area contributed by atoms with Gasteiger partial charge in [0.15, 0.2) is 28.1 Å². The van der Waals surface area contributed by atoms with E-state index in [2.05, 4.69) is 4.90 Å². The lowest BCUT2D eigenvalue weighted by Gasteiger charge is -2.23. The third kappa shape index (κ3) is 4.58. The van der Waals surface area contributed by atoms with Gasteiger partial charge in [-0.05, 0) is 45.3 Å². The Kier molecular flexibility index (Phi) is 6.66. The number of rotatable bonds is 8. The van der Waals surface area contributed by atoms with Gasteiger partial charge in [0.1, 0.15) is 13.2 Å². The molecule has 4 rings (SSSR count). The van der Waals surface area contributed by atoms with Gasteiger partial charge >= 0.3 is 0 Å². The Morgan fingerprint density at radius 1 is 1.03 bits per heavy atom. The number of carbonyl (C=O) groups excluding carboxylic acids is 1. The second kappa shape index (κ2) is 9.62. The third-order valence-corrected chi connectivity index (χ3v) is 6.18. The molecule has 32 heavy (non-hydrogen) atoms. The maximum atomic E-state index is 13.6. The van der Waals surface area contributed by atoms with Gasteiger partial charge in [-0.1, -0.05) is 11.3 Å². The van der Waals surface area contributed by atoms with E-state index in [1.165, 1.54) is 11.3 Å². The zero-order valence-corrected chi connectivity index (χ0v) is 19.5. The minimum atomic E-state index is -0.126. The third-order valence-electron chi connectivity index (χ3n) is 5.13. The predicted molar refractivity (Wildman–Crippen MR) is 125 cm³/mol. The number of thiazole rings is 1. The Hall–Kier alpha value is -3.04. The molecular formula is C23H27N3O5S. The van der Waals surface area contributed by atoms with Crippen LogP contribution in [0.15, 0.2) is 30.3 Å². The van der Waals surface area contributed by atoms with E-state index in [1.54, 1.807) is 37.3 Å². The first-order valence-electron chi connectivity index (χ1n) is 10.4. The van der Waals surface area contributed by atoms with Crippen molar-refractivity contribution in [1.82, 2.24) is 9.88 Å². The van der Waals surface area contributed by atoms with Crippen LogP contribution in [0.1, 0.15) is 16.8 Å². The van der Waals surface area contributed by atoms with Crippen molar-refractivity contribution in [3.05, 3.63) is 35.9 Å². The summed E-state index contributed by atoms with van der Waals surface area (Å²) < 4.78 is 23.0. The minimum absolute atomic E-state index is 0.126. The summed E-state index contributed by atoms with van der Waals surface area (Å²) in [5, 5.41) is 0.633. The fraction of sp³-hybridized carbons (Fsp3) is 0.391. The molecule has 3 aromatic rings. The standard InChI is InChI=1S/C23H27N3O5S/c1-25(2)8-5-9-26(22(27)15-6-7-17-20(12-15)31-11-10-30-17)23-24-16-13-18(28-3)19(29-4)14-21(16)32-23/h6-7,12-14H,5,8-11H2,1-4H3. The molecule has 1 amide bonds. The van der Waals surface area contributed by atoms with Crippen LogP contribution in [0.2, 0.25) is 0 Å². The van der Waals surface area contributed by atoms with E-state index in [1.807, 2.05) is 26.2 Å². The van der Waals surface area contributed by atoms with E-state index in [0.29, 0.717) is 53.5 Å². The van der Waals surface area contributed by atoms with Gasteiger partial charge in [-0.2, -0.15) is 0 Å². The van der Waals surface area contributed by atoms with Crippen LogP contribution in [0, 0.1) is 0 Å². The molecule has 0 radical (unpaired) electrons. The number of methoxy groups -OCH3 is 2. The summed E-state index contributed by atoms with van der Waals surface area (Å²) in [6.45, 7) is 2.38. The van der Waals surface area contributed by atoms with Crippen LogP contribution in [-0.4, -0.2) is 70.4 Å². The van der Waals surface area contributed by atoms with Crippen molar-refractivity contribution in [1.29, 1.82) is 0 Å². The van der Waals surface area contributed by atoms with Crippen molar-refractivity contribution in [2.24, 2.45) is 0 Å². The van der Waals surface area contributed by atoms with Crippen LogP contribution >= 0.6 is 11.3 Å². The summed E-state index contributed by atoms with van der Waals surface area (Å²) in [5.74, 6) is 2.36. The first-order valence-corrected chi connectivity index (χ1v) is 11.2. The molecule has 0 aliphatic carbocycles. The topological polar surface area (TPSA) is 73.4 Å². The van der Waals surface area contributed by atoms with Crippen LogP contribution in [0.4, 0.5) is 5.13 Å². The molecule has 0 atom stereocenters. The average molecular weight is 458 g/mol. The van der Waals surface area contributed by atoms with Crippen molar-refractivity contribution in [2.75, 3.05) is 59.5 Å². The number of hydrogen-bond acceptors (Lipinski definition) is 8. The molecule has 2 heterocycles. The Labute approximate surface area is 191 Å². The highest BCUT2D eigenvalue weighted by molar-refractivity contribution is 7.22. The van der Waals surface area contributed by atoms with Crippen molar-refractivity contribution in [3.8, 4) is 23.0 Å². The monoisotopic (exact) mass is 457 g/mol. The predicted octanol–water partition coefficient (Wildman–Crippen LogP) is 3.68. The summed E-state index contributed by atoms with van der Waals surface area (Å²) in [6, 6.07) is 9.03. The summed E-state index contributed by atoms with van der Waals surface area (Å²) in [5.41, 5.74) is 1.30. The minimum Gasteiger partial charge on any atom is -0.493 e. The summed E-state index contributed by atoms with van der Waals surface area (Å²) >= 11 is 1.45. The molecule has 0 spiro atoms. The molecule has 0 fully saturated rings. The number of hydrogen-bond donors (Lipinski definition) is 0. The fourth-order valence-corrected chi connectivity index (χ4v) is 4.52. The number of fused-ring (bicyclic) bond motifs is 2. The normalized spacial score (nSPS) is 12.8. The highest BCUT2D eigenvalue weighted by Crippen LogP contribution is 2.38. The largest absolute Gasteiger partial charge is 0.493 e. The van der Waals surface area contributed by atoms with Gasteiger partial charge in [0, 0.05) is 24.2 Å². The van der Waals surface area contributed by atoms with Crippen LogP contribution < -0.4 is 23.8 Å². The lowest BCUT2D eigenvalue weighted by molar-refractivity contribution is 0.0984. The molecule has 0 bridgehead atoms. The lowest BCUT2D eigenvalue weighted by Crippen LogP contribution is -2.33. The zero-order valence-electron chi connectivity index (χ0n) is 18.7. The van der Waals surface area contributed by atoms with E-state index >= 15 is 0 Å². The number of ether oxygens (including phenoxy) is 4. The Morgan fingerprint density at radius 2 is 1.75 bits per heavy atom. The molecule has 2 aromatic carbocycles. The van der Waals surface area contributed by atoms with E-state index in [0.717, 1.165) is 23.2 Å². The molecule has 1 aliphatic heterocycles. The first kappa shape index (κ1) is 22.2. The molecule has 1 aromatic heterocycles. The quantitative estimate of drug-likeness (QED) is 0.511. The molecule has 0 N–H and O–H groups in total. The summed E-state index contributed by atoms with van der Waals surface area (Å²) in [6.07, 6.45) is 0.811. The highest BCUT2D eigenvalue weighted by Gasteiger charge is 2.24. The fourth-order valence-electron chi connectivity index (χ4n) is 3.52. The smallest absolute Gasteiger partial charge is 0.260 e. The van der Waals surface area contributed by atoms with Gasteiger partial charge in [0.05, 0.1) is 24.4 Å².